The Bertz CT molecular complexity index is 556. The molecule has 0 bridgehead atoms. The lowest BCUT2D eigenvalue weighted by molar-refractivity contribution is 0.310. The van der Waals surface area contributed by atoms with Crippen LogP contribution in [0.4, 0.5) is 5.82 Å². The van der Waals surface area contributed by atoms with E-state index in [1.54, 1.807) is 6.20 Å². The molecule has 1 N–H and O–H groups in total. The van der Waals surface area contributed by atoms with Crippen molar-refractivity contribution >= 4 is 5.82 Å². The van der Waals surface area contributed by atoms with E-state index in [2.05, 4.69) is 45.2 Å². The third kappa shape index (κ3) is 5.11. The minimum atomic E-state index is 0.720. The van der Waals surface area contributed by atoms with Crippen molar-refractivity contribution in [3.8, 4) is 0 Å². The maximum absolute atomic E-state index is 4.57. The van der Waals surface area contributed by atoms with E-state index >= 15 is 0 Å². The van der Waals surface area contributed by atoms with Gasteiger partial charge in [0.15, 0.2) is 0 Å². The van der Waals surface area contributed by atoms with Gasteiger partial charge in [0.05, 0.1) is 6.54 Å². The third-order valence-electron chi connectivity index (χ3n) is 3.04. The highest BCUT2D eigenvalue weighted by Crippen LogP contribution is 2.09. The van der Waals surface area contributed by atoms with Crippen LogP contribution >= 0.6 is 0 Å². The van der Waals surface area contributed by atoms with Crippen LogP contribution in [-0.2, 0) is 13.1 Å². The predicted molar refractivity (Wildman–Crippen MR) is 85.0 cm³/mol. The molecular formula is C16H23N5. The summed E-state index contributed by atoms with van der Waals surface area (Å²) in [7, 11) is 2.07. The molecule has 0 aliphatic carbocycles. The minimum Gasteiger partial charge on any atom is -0.370 e. The summed E-state index contributed by atoms with van der Waals surface area (Å²) in [5, 5.41) is 3.32. The first-order valence-electron chi connectivity index (χ1n) is 7.33. The van der Waals surface area contributed by atoms with Crippen LogP contribution in [0.5, 0.6) is 0 Å². The zero-order valence-electron chi connectivity index (χ0n) is 13.0. The first kappa shape index (κ1) is 15.4. The Kier molecular flexibility index (Phi) is 5.63. The number of anilines is 1. The SMILES string of the molecule is CCCNc1cc(C)nc(CN(C)Cc2cccnc2)n1. The van der Waals surface area contributed by atoms with E-state index in [9.17, 15) is 0 Å². The Labute approximate surface area is 126 Å². The fourth-order valence-corrected chi connectivity index (χ4v) is 2.15. The van der Waals surface area contributed by atoms with Crippen LogP contribution in [-0.4, -0.2) is 33.4 Å². The molecule has 0 saturated carbocycles. The summed E-state index contributed by atoms with van der Waals surface area (Å²) in [6.45, 7) is 6.63. The van der Waals surface area contributed by atoms with Gasteiger partial charge in [-0.3, -0.25) is 9.88 Å². The first-order chi connectivity index (χ1) is 10.2. The average Bonchev–Trinajstić information content (AvgIpc) is 2.45. The summed E-state index contributed by atoms with van der Waals surface area (Å²) in [5.41, 5.74) is 2.19. The highest BCUT2D eigenvalue weighted by atomic mass is 15.1. The van der Waals surface area contributed by atoms with Crippen LogP contribution in [0.2, 0.25) is 0 Å². The molecule has 0 aliphatic heterocycles. The molecule has 2 heterocycles. The Morgan fingerprint density at radius 3 is 2.81 bits per heavy atom. The molecule has 2 aromatic heterocycles. The maximum atomic E-state index is 4.57. The molecule has 0 spiro atoms. The summed E-state index contributed by atoms with van der Waals surface area (Å²) in [4.78, 5) is 15.4. The standard InChI is InChI=1S/C16H23N5/c1-4-7-18-15-9-13(2)19-16(20-15)12-21(3)11-14-6-5-8-17-10-14/h5-6,8-10H,4,7,11-12H2,1-3H3,(H,18,19,20). The summed E-state index contributed by atoms with van der Waals surface area (Å²) in [6.07, 6.45) is 4.76. The van der Waals surface area contributed by atoms with Gasteiger partial charge in [-0.15, -0.1) is 0 Å². The normalized spacial score (nSPS) is 10.9. The Hall–Kier alpha value is -2.01. The molecule has 5 nitrogen and oxygen atoms in total. The van der Waals surface area contributed by atoms with Crippen molar-refractivity contribution in [2.24, 2.45) is 0 Å². The van der Waals surface area contributed by atoms with Crippen LogP contribution in [0.15, 0.2) is 30.6 Å². The lowest BCUT2D eigenvalue weighted by atomic mass is 10.2. The van der Waals surface area contributed by atoms with E-state index in [1.165, 1.54) is 5.56 Å². The number of hydrogen-bond acceptors (Lipinski definition) is 5. The zero-order chi connectivity index (χ0) is 15.1. The molecule has 0 aliphatic rings. The minimum absolute atomic E-state index is 0.720. The largest absolute Gasteiger partial charge is 0.370 e. The van der Waals surface area contributed by atoms with Crippen molar-refractivity contribution in [3.05, 3.63) is 47.7 Å². The molecule has 0 amide bonds. The molecule has 112 valence electrons. The summed E-state index contributed by atoms with van der Waals surface area (Å²) >= 11 is 0. The van der Waals surface area contributed by atoms with Gasteiger partial charge >= 0.3 is 0 Å². The van der Waals surface area contributed by atoms with Gasteiger partial charge in [0.1, 0.15) is 11.6 Å². The van der Waals surface area contributed by atoms with E-state index in [4.69, 9.17) is 0 Å². The Morgan fingerprint density at radius 2 is 2.10 bits per heavy atom. The van der Waals surface area contributed by atoms with Gasteiger partial charge in [-0.2, -0.15) is 0 Å². The number of aromatic nitrogens is 3. The maximum Gasteiger partial charge on any atom is 0.144 e. The molecular weight excluding hydrogens is 262 g/mol. The van der Waals surface area contributed by atoms with E-state index in [0.29, 0.717) is 0 Å². The second-order valence-electron chi connectivity index (χ2n) is 5.27. The van der Waals surface area contributed by atoms with Gasteiger partial charge < -0.3 is 5.32 Å². The zero-order valence-corrected chi connectivity index (χ0v) is 13.0. The van der Waals surface area contributed by atoms with E-state index in [1.807, 2.05) is 25.3 Å². The monoisotopic (exact) mass is 285 g/mol. The van der Waals surface area contributed by atoms with E-state index in [0.717, 1.165) is 43.4 Å². The van der Waals surface area contributed by atoms with Gasteiger partial charge in [0.2, 0.25) is 0 Å². The fraction of sp³-hybridized carbons (Fsp3) is 0.438. The topological polar surface area (TPSA) is 53.9 Å². The number of hydrogen-bond donors (Lipinski definition) is 1. The van der Waals surface area contributed by atoms with Gasteiger partial charge in [-0.1, -0.05) is 13.0 Å². The second-order valence-corrected chi connectivity index (χ2v) is 5.27. The molecule has 0 fully saturated rings. The molecule has 0 unspecified atom stereocenters. The lowest BCUT2D eigenvalue weighted by Gasteiger charge is -2.16. The van der Waals surface area contributed by atoms with Crippen molar-refractivity contribution in [3.63, 3.8) is 0 Å². The van der Waals surface area contributed by atoms with Gasteiger partial charge in [0.25, 0.3) is 0 Å². The average molecular weight is 285 g/mol. The van der Waals surface area contributed by atoms with Gasteiger partial charge in [-0.05, 0) is 32.0 Å². The summed E-state index contributed by atoms with van der Waals surface area (Å²) in [5.74, 6) is 1.76. The molecule has 21 heavy (non-hydrogen) atoms. The van der Waals surface area contributed by atoms with Crippen LogP contribution < -0.4 is 5.32 Å². The fourth-order valence-electron chi connectivity index (χ4n) is 2.15. The van der Waals surface area contributed by atoms with Crippen molar-refractivity contribution in [1.82, 2.24) is 19.9 Å². The van der Waals surface area contributed by atoms with Crippen LogP contribution in [0.3, 0.4) is 0 Å². The Morgan fingerprint density at radius 1 is 1.24 bits per heavy atom. The number of rotatable bonds is 7. The number of nitrogens with zero attached hydrogens (tertiary/aromatic N) is 4. The molecule has 0 aromatic carbocycles. The summed E-state index contributed by atoms with van der Waals surface area (Å²) < 4.78 is 0. The molecule has 0 saturated heterocycles. The molecule has 2 rings (SSSR count). The van der Waals surface area contributed by atoms with Gasteiger partial charge in [-0.25, -0.2) is 9.97 Å². The third-order valence-corrected chi connectivity index (χ3v) is 3.04. The number of aryl methyl sites for hydroxylation is 1. The van der Waals surface area contributed by atoms with Crippen LogP contribution in [0.1, 0.15) is 30.4 Å². The lowest BCUT2D eigenvalue weighted by Crippen LogP contribution is -2.19. The van der Waals surface area contributed by atoms with Crippen molar-refractivity contribution in [1.29, 1.82) is 0 Å². The second kappa shape index (κ2) is 7.69. The number of pyridine rings is 1. The quantitative estimate of drug-likeness (QED) is 0.847. The molecule has 0 radical (unpaired) electrons. The van der Waals surface area contributed by atoms with Crippen molar-refractivity contribution in [2.75, 3.05) is 18.9 Å². The highest BCUT2D eigenvalue weighted by Gasteiger charge is 2.06. The van der Waals surface area contributed by atoms with Crippen LogP contribution in [0, 0.1) is 6.92 Å². The molecule has 5 heteroatoms. The van der Waals surface area contributed by atoms with Crippen LogP contribution in [0.25, 0.3) is 0 Å². The first-order valence-corrected chi connectivity index (χ1v) is 7.33. The smallest absolute Gasteiger partial charge is 0.144 e. The highest BCUT2D eigenvalue weighted by molar-refractivity contribution is 5.35. The predicted octanol–water partition coefficient (Wildman–Crippen LogP) is 2.63. The molecule has 2 aromatic rings. The van der Waals surface area contributed by atoms with Gasteiger partial charge in [0, 0.05) is 37.2 Å². The molecule has 0 atom stereocenters. The van der Waals surface area contributed by atoms with E-state index < -0.39 is 0 Å². The summed E-state index contributed by atoms with van der Waals surface area (Å²) in [6, 6.07) is 6.02. The van der Waals surface area contributed by atoms with Crippen molar-refractivity contribution < 1.29 is 0 Å². The Balaban J connectivity index is 1.99. The van der Waals surface area contributed by atoms with Crippen molar-refractivity contribution in [2.45, 2.75) is 33.4 Å². The number of nitrogens with one attached hydrogen (secondary N) is 1. The van der Waals surface area contributed by atoms with E-state index in [-0.39, 0.29) is 0 Å².